The van der Waals surface area contributed by atoms with Crippen LogP contribution in [0.15, 0.2) is 17.0 Å². The van der Waals surface area contributed by atoms with Crippen LogP contribution in [-0.2, 0) is 19.9 Å². The number of anilines is 1. The van der Waals surface area contributed by atoms with Crippen LogP contribution in [0.5, 0.6) is 0 Å². The Morgan fingerprint density at radius 1 is 1.11 bits per heavy atom. The fourth-order valence-corrected chi connectivity index (χ4v) is 3.31. The van der Waals surface area contributed by atoms with E-state index in [0.717, 1.165) is 17.4 Å². The maximum atomic E-state index is 12.0. The molecular formula is C11H18N2O4S2. The van der Waals surface area contributed by atoms with Gasteiger partial charge in [-0.25, -0.2) is 21.6 Å². The minimum Gasteiger partial charge on any atom is -0.398 e. The molecule has 0 atom stereocenters. The fraction of sp³-hybridized carbons (Fsp3) is 0.455. The lowest BCUT2D eigenvalue weighted by molar-refractivity contribution is 0.582. The molecule has 0 bridgehead atoms. The van der Waals surface area contributed by atoms with Gasteiger partial charge in [0, 0.05) is 12.8 Å². The van der Waals surface area contributed by atoms with E-state index in [0.29, 0.717) is 0 Å². The first kappa shape index (κ1) is 15.9. The van der Waals surface area contributed by atoms with Gasteiger partial charge >= 0.3 is 0 Å². The maximum Gasteiger partial charge on any atom is 0.242 e. The molecule has 6 nitrogen and oxygen atoms in total. The molecule has 19 heavy (non-hydrogen) atoms. The predicted molar refractivity (Wildman–Crippen MR) is 75.2 cm³/mol. The number of hydrogen-bond donors (Lipinski definition) is 2. The highest BCUT2D eigenvalue weighted by Crippen LogP contribution is 2.22. The van der Waals surface area contributed by atoms with Crippen molar-refractivity contribution in [1.82, 2.24) is 4.72 Å². The lowest BCUT2D eigenvalue weighted by Gasteiger charge is -2.11. The highest BCUT2D eigenvalue weighted by atomic mass is 32.2. The second-order valence-electron chi connectivity index (χ2n) is 4.50. The number of benzene rings is 1. The van der Waals surface area contributed by atoms with Gasteiger partial charge in [0.25, 0.3) is 0 Å². The summed E-state index contributed by atoms with van der Waals surface area (Å²) in [6.07, 6.45) is 1.05. The number of nitrogen functional groups attached to an aromatic ring is 1. The third-order valence-electron chi connectivity index (χ3n) is 2.68. The van der Waals surface area contributed by atoms with Crippen molar-refractivity contribution in [2.45, 2.75) is 18.7 Å². The van der Waals surface area contributed by atoms with Crippen LogP contribution in [0.25, 0.3) is 0 Å². The van der Waals surface area contributed by atoms with Crippen molar-refractivity contribution >= 4 is 25.5 Å². The Balaban J connectivity index is 2.98. The predicted octanol–water partition coefficient (Wildman–Crippen LogP) is 0.209. The number of aryl methyl sites for hydroxylation is 2. The molecule has 0 aliphatic heterocycles. The summed E-state index contributed by atoms with van der Waals surface area (Å²) < 4.78 is 48.2. The van der Waals surface area contributed by atoms with Crippen LogP contribution in [0.1, 0.15) is 11.1 Å². The monoisotopic (exact) mass is 306 g/mol. The second-order valence-corrected chi connectivity index (χ2v) is 8.50. The molecule has 0 saturated heterocycles. The second kappa shape index (κ2) is 5.48. The van der Waals surface area contributed by atoms with Crippen LogP contribution in [-0.4, -0.2) is 35.4 Å². The lowest BCUT2D eigenvalue weighted by Crippen LogP contribution is -2.29. The average Bonchev–Trinajstić information content (AvgIpc) is 2.20. The van der Waals surface area contributed by atoms with Crippen molar-refractivity contribution < 1.29 is 16.8 Å². The van der Waals surface area contributed by atoms with Gasteiger partial charge in [-0.15, -0.1) is 0 Å². The summed E-state index contributed by atoms with van der Waals surface area (Å²) in [5, 5.41) is 0. The third kappa shape index (κ3) is 4.48. The number of nitrogens with one attached hydrogen (secondary N) is 1. The van der Waals surface area contributed by atoms with Crippen LogP contribution in [0, 0.1) is 13.8 Å². The molecule has 0 unspecified atom stereocenters. The molecule has 0 aromatic heterocycles. The van der Waals surface area contributed by atoms with E-state index in [4.69, 9.17) is 5.73 Å². The Bertz CT molecular complexity index is 679. The van der Waals surface area contributed by atoms with E-state index in [-0.39, 0.29) is 22.9 Å². The van der Waals surface area contributed by atoms with Crippen molar-refractivity contribution in [2.75, 3.05) is 24.3 Å². The van der Waals surface area contributed by atoms with Gasteiger partial charge in [0.05, 0.1) is 11.4 Å². The van der Waals surface area contributed by atoms with Crippen LogP contribution >= 0.6 is 0 Å². The van der Waals surface area contributed by atoms with Crippen molar-refractivity contribution in [2.24, 2.45) is 0 Å². The first-order chi connectivity index (χ1) is 8.53. The number of nitrogens with two attached hydrogens (primary N) is 1. The molecular weight excluding hydrogens is 288 g/mol. The molecule has 0 fully saturated rings. The van der Waals surface area contributed by atoms with Gasteiger partial charge in [-0.05, 0) is 37.1 Å². The summed E-state index contributed by atoms with van der Waals surface area (Å²) >= 11 is 0. The van der Waals surface area contributed by atoms with Gasteiger partial charge in [-0.2, -0.15) is 0 Å². The van der Waals surface area contributed by atoms with E-state index >= 15 is 0 Å². The molecule has 3 N–H and O–H groups in total. The van der Waals surface area contributed by atoms with Crippen molar-refractivity contribution in [3.63, 3.8) is 0 Å². The van der Waals surface area contributed by atoms with Crippen molar-refractivity contribution in [1.29, 1.82) is 0 Å². The van der Waals surface area contributed by atoms with E-state index in [1.54, 1.807) is 13.0 Å². The maximum absolute atomic E-state index is 12.0. The zero-order valence-corrected chi connectivity index (χ0v) is 12.7. The van der Waals surface area contributed by atoms with Gasteiger partial charge in [-0.3, -0.25) is 0 Å². The fourth-order valence-electron chi connectivity index (χ4n) is 1.48. The average molecular weight is 306 g/mol. The Morgan fingerprint density at radius 2 is 1.63 bits per heavy atom. The Morgan fingerprint density at radius 3 is 2.16 bits per heavy atom. The van der Waals surface area contributed by atoms with Crippen LogP contribution in [0.2, 0.25) is 0 Å². The molecule has 0 aliphatic rings. The molecule has 0 radical (unpaired) electrons. The quantitative estimate of drug-likeness (QED) is 0.756. The molecule has 1 rings (SSSR count). The topological polar surface area (TPSA) is 106 Å². The van der Waals surface area contributed by atoms with E-state index in [2.05, 4.69) is 4.72 Å². The largest absolute Gasteiger partial charge is 0.398 e. The molecule has 0 aliphatic carbocycles. The SMILES string of the molecule is Cc1cc(N)c(S(=O)(=O)NCCS(C)(=O)=O)cc1C. The smallest absolute Gasteiger partial charge is 0.242 e. The summed E-state index contributed by atoms with van der Waals surface area (Å²) in [5.74, 6) is -0.253. The molecule has 0 heterocycles. The molecule has 0 spiro atoms. The molecule has 0 saturated carbocycles. The Hall–Kier alpha value is -1.12. The normalized spacial score (nSPS) is 12.6. The van der Waals surface area contributed by atoms with E-state index in [1.165, 1.54) is 6.07 Å². The minimum absolute atomic E-state index is 0.0240. The molecule has 0 amide bonds. The van der Waals surface area contributed by atoms with Crippen molar-refractivity contribution in [3.05, 3.63) is 23.3 Å². The first-order valence-electron chi connectivity index (χ1n) is 5.57. The third-order valence-corrected chi connectivity index (χ3v) is 5.14. The number of sulfonamides is 1. The van der Waals surface area contributed by atoms with Crippen LogP contribution in [0.3, 0.4) is 0 Å². The standard InChI is InChI=1S/C11H18N2O4S2/c1-8-6-10(12)11(7-9(8)2)19(16,17)13-4-5-18(3,14)15/h6-7,13H,4-5,12H2,1-3H3. The van der Waals surface area contributed by atoms with Gasteiger partial charge in [-0.1, -0.05) is 0 Å². The van der Waals surface area contributed by atoms with Crippen molar-refractivity contribution in [3.8, 4) is 0 Å². The zero-order chi connectivity index (χ0) is 14.8. The highest BCUT2D eigenvalue weighted by molar-refractivity contribution is 7.91. The first-order valence-corrected chi connectivity index (χ1v) is 9.11. The van der Waals surface area contributed by atoms with E-state index in [1.807, 2.05) is 6.92 Å². The summed E-state index contributed by atoms with van der Waals surface area (Å²) in [6, 6.07) is 3.06. The molecule has 1 aromatic carbocycles. The van der Waals surface area contributed by atoms with Crippen LogP contribution in [0.4, 0.5) is 5.69 Å². The summed E-state index contributed by atoms with van der Waals surface area (Å²) in [6.45, 7) is 3.44. The Kier molecular flexibility index (Phi) is 4.59. The lowest BCUT2D eigenvalue weighted by atomic mass is 10.1. The number of sulfone groups is 1. The highest BCUT2D eigenvalue weighted by Gasteiger charge is 2.18. The van der Waals surface area contributed by atoms with Gasteiger partial charge in [0.2, 0.25) is 10.0 Å². The number of hydrogen-bond acceptors (Lipinski definition) is 5. The Labute approximate surface area is 114 Å². The van der Waals surface area contributed by atoms with Crippen LogP contribution < -0.4 is 10.5 Å². The van der Waals surface area contributed by atoms with Gasteiger partial charge in [0.15, 0.2) is 0 Å². The summed E-state index contributed by atoms with van der Waals surface area (Å²) in [5.41, 5.74) is 7.54. The summed E-state index contributed by atoms with van der Waals surface area (Å²) in [4.78, 5) is -0.0240. The van der Waals surface area contributed by atoms with Gasteiger partial charge in [0.1, 0.15) is 14.7 Å². The minimum atomic E-state index is -3.79. The summed E-state index contributed by atoms with van der Waals surface area (Å²) in [7, 11) is -7.00. The zero-order valence-electron chi connectivity index (χ0n) is 11.1. The molecule has 8 heteroatoms. The number of rotatable bonds is 5. The molecule has 108 valence electrons. The molecule has 1 aromatic rings. The van der Waals surface area contributed by atoms with Gasteiger partial charge < -0.3 is 5.73 Å². The van der Waals surface area contributed by atoms with E-state index < -0.39 is 19.9 Å². The van der Waals surface area contributed by atoms with E-state index in [9.17, 15) is 16.8 Å².